The zero-order chi connectivity index (χ0) is 61.7. The van der Waals surface area contributed by atoms with Crippen LogP contribution in [0.25, 0.3) is 0 Å². The third-order valence-corrected chi connectivity index (χ3v) is 25.0. The molecule has 1 rings (SSSR count). The van der Waals surface area contributed by atoms with Gasteiger partial charge in [0.2, 0.25) is 5.91 Å². The van der Waals surface area contributed by atoms with Gasteiger partial charge in [-0.25, -0.2) is 0 Å². The topological polar surface area (TPSA) is 187 Å². The van der Waals surface area contributed by atoms with E-state index < -0.39 is 57.3 Å². The molecule has 1 aliphatic heterocycles. The van der Waals surface area contributed by atoms with Crippen molar-refractivity contribution in [2.45, 2.75) is 307 Å². The predicted molar refractivity (Wildman–Crippen MR) is 365 cm³/mol. The van der Waals surface area contributed by atoms with E-state index in [4.69, 9.17) is 18.5 Å². The first-order chi connectivity index (χ1) is 39.9. The van der Waals surface area contributed by atoms with Gasteiger partial charge in [-0.05, 0) is 69.6 Å². The summed E-state index contributed by atoms with van der Waals surface area (Å²) in [5, 5.41) is 50.2. The molecule has 1 amide bonds. The molecule has 5 N–H and O–H groups in total. The number of nitrogens with one attached hydrogen (secondary N) is 1. The van der Waals surface area contributed by atoms with Crippen molar-refractivity contribution in [1.29, 1.82) is 0 Å². The maximum absolute atomic E-state index is 13.8. The molecule has 14 atom stereocenters. The summed E-state index contributed by atoms with van der Waals surface area (Å²) in [5.41, 5.74) is 0. The van der Waals surface area contributed by atoms with Gasteiger partial charge in [-0.2, -0.15) is 70.6 Å². The van der Waals surface area contributed by atoms with Crippen LogP contribution in [0.15, 0.2) is 0 Å². The van der Waals surface area contributed by atoms with Gasteiger partial charge in [-0.1, -0.05) is 194 Å². The molecule has 1 aliphatic rings. The van der Waals surface area contributed by atoms with E-state index in [1.54, 1.807) is 23.5 Å². The molecule has 0 bridgehead atoms. The standard InChI is InChI=1S/C63H127N2O11PS6/c1-12-14-16-18-20-22-23-24-25-26-27-28-29-30-31-32-33-34-36-38-40-42-57(66)64-50(48-73-63-61(70)60(69)59(68)51(76-63)49-75-77(71,72)74-46-45-65(3,4)5)58(67)62(83-11)54(80-8)44-43-53(79-7)56(82-10)47-55(81-9)52(78-6)41-39-37-35-21-19-17-15-13-2/h50-56,58-63,67-70H,12-49H2,1-11H3,(H-,64,66,71,72)/t50-,51+,52?,53?,54?,55?,56?,58-,59-,60-,61+,62?,63+/m0/s1. The Morgan fingerprint density at radius 3 is 1.39 bits per heavy atom. The van der Waals surface area contributed by atoms with Gasteiger partial charge in [0.1, 0.15) is 37.6 Å². The highest BCUT2D eigenvalue weighted by atomic mass is 32.2. The molecule has 13 nitrogen and oxygen atoms in total. The minimum atomic E-state index is -4.82. The molecule has 1 heterocycles. The third kappa shape index (κ3) is 39.4. The maximum Gasteiger partial charge on any atom is 0.268 e. The lowest BCUT2D eigenvalue weighted by atomic mass is 9.98. The number of amides is 1. The molecule has 1 saturated heterocycles. The van der Waals surface area contributed by atoms with Crippen molar-refractivity contribution in [3.8, 4) is 0 Å². The summed E-state index contributed by atoms with van der Waals surface area (Å²) in [4.78, 5) is 26.5. The fourth-order valence-corrected chi connectivity index (χ4v) is 19.0. The van der Waals surface area contributed by atoms with Gasteiger partial charge in [0.05, 0.1) is 46.5 Å². The molecule has 0 spiro atoms. The second-order valence-corrected chi connectivity index (χ2v) is 32.4. The number of aliphatic hydroxyl groups is 4. The Kier molecular flexibility index (Phi) is 51.6. The zero-order valence-electron chi connectivity index (χ0n) is 54.4. The van der Waals surface area contributed by atoms with Gasteiger partial charge < -0.3 is 53.6 Å². The zero-order valence-corrected chi connectivity index (χ0v) is 60.2. The smallest absolute Gasteiger partial charge is 0.268 e. The number of phosphoric acid groups is 1. The molecule has 0 saturated carbocycles. The molecule has 20 heteroatoms. The number of hydrogen-bond donors (Lipinski definition) is 5. The van der Waals surface area contributed by atoms with Crippen LogP contribution < -0.4 is 10.2 Å². The summed E-state index contributed by atoms with van der Waals surface area (Å²) < 4.78 is 35.2. The van der Waals surface area contributed by atoms with Crippen LogP contribution in [0, 0.1) is 0 Å². The molecular formula is C63H127N2O11PS6. The Bertz CT molecular complexity index is 1570. The molecule has 1 fully saturated rings. The normalized spacial score (nSPS) is 21.5. The van der Waals surface area contributed by atoms with Crippen molar-refractivity contribution in [2.75, 3.05) is 85.0 Å². The van der Waals surface area contributed by atoms with E-state index in [1.807, 2.05) is 74.4 Å². The number of thioether (sulfide) groups is 6. The van der Waals surface area contributed by atoms with E-state index in [2.05, 4.69) is 50.4 Å². The monoisotopic (exact) mass is 1310 g/mol. The van der Waals surface area contributed by atoms with Gasteiger partial charge in [0.25, 0.3) is 7.82 Å². The number of carbonyl (C=O) groups excluding carboxylic acids is 1. The van der Waals surface area contributed by atoms with Crippen LogP contribution in [0.2, 0.25) is 0 Å². The Hall–Kier alpha value is 1.40. The molecule has 0 aromatic carbocycles. The molecule has 0 aromatic heterocycles. The van der Waals surface area contributed by atoms with Gasteiger partial charge in [0.15, 0.2) is 6.29 Å². The van der Waals surface area contributed by atoms with Crippen LogP contribution >= 0.6 is 78.4 Å². The lowest BCUT2D eigenvalue weighted by Gasteiger charge is -2.41. The van der Waals surface area contributed by atoms with E-state index in [0.717, 1.165) is 38.5 Å². The second-order valence-electron chi connectivity index (χ2n) is 24.6. The van der Waals surface area contributed by atoms with E-state index >= 15 is 0 Å². The van der Waals surface area contributed by atoms with Gasteiger partial charge in [-0.3, -0.25) is 9.36 Å². The third-order valence-electron chi connectivity index (χ3n) is 16.6. The molecule has 83 heavy (non-hydrogen) atoms. The van der Waals surface area contributed by atoms with Crippen molar-refractivity contribution >= 4 is 84.3 Å². The molecular weight excluding hydrogens is 1180 g/mol. The Morgan fingerprint density at radius 2 is 0.964 bits per heavy atom. The largest absolute Gasteiger partial charge is 0.756 e. The van der Waals surface area contributed by atoms with Gasteiger partial charge >= 0.3 is 0 Å². The highest BCUT2D eigenvalue weighted by Gasteiger charge is 2.46. The van der Waals surface area contributed by atoms with E-state index in [9.17, 15) is 34.7 Å². The Labute approximate surface area is 535 Å². The highest BCUT2D eigenvalue weighted by Crippen LogP contribution is 2.41. The summed E-state index contributed by atoms with van der Waals surface area (Å²) in [6.07, 6.45) is 46.1. The van der Waals surface area contributed by atoms with Crippen LogP contribution in [0.3, 0.4) is 0 Å². The van der Waals surface area contributed by atoms with Crippen LogP contribution in [-0.4, -0.2) is 190 Å². The summed E-state index contributed by atoms with van der Waals surface area (Å²) >= 11 is 11.3. The maximum atomic E-state index is 13.8. The quantitative estimate of drug-likeness (QED) is 0.0220. The molecule has 0 radical (unpaired) electrons. The van der Waals surface area contributed by atoms with Crippen LogP contribution in [0.5, 0.6) is 0 Å². The van der Waals surface area contributed by atoms with Crippen molar-refractivity contribution in [2.24, 2.45) is 0 Å². The number of likely N-dealkylation sites (N-methyl/N-ethyl adjacent to an activating group) is 1. The number of aliphatic hydroxyl groups excluding tert-OH is 4. The predicted octanol–water partition coefficient (Wildman–Crippen LogP) is 14.6. The number of unbranched alkanes of at least 4 members (excludes halogenated alkanes) is 27. The average molecular weight is 1310 g/mol. The van der Waals surface area contributed by atoms with Crippen LogP contribution in [0.1, 0.15) is 232 Å². The fourth-order valence-electron chi connectivity index (χ4n) is 11.1. The first-order valence-corrected chi connectivity index (χ1v) is 41.9. The summed E-state index contributed by atoms with van der Waals surface area (Å²) in [6, 6.07) is -0.919. The second kappa shape index (κ2) is 52.0. The minimum absolute atomic E-state index is 0.0329. The average Bonchev–Trinajstić information content (AvgIpc) is 3.54. The fraction of sp³-hybridized carbons (Fsp3) is 0.984. The number of carbonyl (C=O) groups is 1. The van der Waals surface area contributed by atoms with E-state index in [-0.39, 0.29) is 36.0 Å². The van der Waals surface area contributed by atoms with Gasteiger partial charge in [-0.15, -0.1) is 0 Å². The molecule has 0 aromatic rings. The number of rotatable bonds is 58. The van der Waals surface area contributed by atoms with Gasteiger partial charge in [0, 0.05) is 37.9 Å². The minimum Gasteiger partial charge on any atom is -0.756 e. The molecule has 0 aliphatic carbocycles. The number of ether oxygens (including phenoxy) is 2. The lowest BCUT2D eigenvalue weighted by molar-refractivity contribution is -0.870. The molecule has 496 valence electrons. The SMILES string of the molecule is CCCCCCCCCCCCCCCCCCCCCCCC(=O)N[C@@H](CO[C@@H]1O[C@H](COP(=O)([O-])OCC[N+](C)(C)C)[C@H](O)[C@H](O)[C@H]1O)[C@H](O)C(SC)C(CCC(SC)C(CC(SC)C(CCCCCCCCCC)SC)SC)SC. The lowest BCUT2D eigenvalue weighted by Crippen LogP contribution is -2.60. The number of phosphoric ester groups is 1. The van der Waals surface area contributed by atoms with Crippen molar-refractivity contribution in [3.05, 3.63) is 0 Å². The van der Waals surface area contributed by atoms with Crippen molar-refractivity contribution in [1.82, 2.24) is 5.32 Å². The van der Waals surface area contributed by atoms with Crippen molar-refractivity contribution in [3.63, 3.8) is 0 Å². The Balaban J connectivity index is 2.99. The first kappa shape index (κ1) is 82.4. The number of hydrogen-bond acceptors (Lipinski definition) is 17. The highest BCUT2D eigenvalue weighted by molar-refractivity contribution is 8.04. The van der Waals surface area contributed by atoms with Crippen LogP contribution in [0.4, 0.5) is 0 Å². The van der Waals surface area contributed by atoms with Crippen molar-refractivity contribution < 1.29 is 57.7 Å². The van der Waals surface area contributed by atoms with E-state index in [0.29, 0.717) is 38.4 Å². The number of quaternary nitrogens is 1. The summed E-state index contributed by atoms with van der Waals surface area (Å²) in [6.45, 7) is 3.84. The summed E-state index contributed by atoms with van der Waals surface area (Å²) in [7, 11) is 0.865. The Morgan fingerprint density at radius 1 is 0.554 bits per heavy atom. The van der Waals surface area contributed by atoms with E-state index in [1.165, 1.54) is 167 Å². The first-order valence-electron chi connectivity index (χ1n) is 32.7. The van der Waals surface area contributed by atoms with Crippen LogP contribution in [-0.2, 0) is 27.9 Å². The number of nitrogens with zero attached hydrogens (tertiary/aromatic N) is 1. The summed E-state index contributed by atoms with van der Waals surface area (Å²) in [5.74, 6) is -0.209. The molecule has 7 unspecified atom stereocenters.